The van der Waals surface area contributed by atoms with Crippen LogP contribution in [0, 0.1) is 0 Å². The highest BCUT2D eigenvalue weighted by molar-refractivity contribution is 7.89. The second-order valence-corrected chi connectivity index (χ2v) is 9.15. The highest BCUT2D eigenvalue weighted by atomic mass is 35.5. The van der Waals surface area contributed by atoms with Crippen LogP contribution in [-0.4, -0.2) is 51.0 Å². The van der Waals surface area contributed by atoms with Gasteiger partial charge in [0.25, 0.3) is 5.91 Å². The number of nitrogens with one attached hydrogen (secondary N) is 1. The van der Waals surface area contributed by atoms with Crippen molar-refractivity contribution < 1.29 is 17.9 Å². The molecule has 3 rings (SSSR count). The molecule has 0 unspecified atom stereocenters. The van der Waals surface area contributed by atoms with Crippen LogP contribution in [0.3, 0.4) is 0 Å². The van der Waals surface area contributed by atoms with Crippen LogP contribution in [0.5, 0.6) is 0 Å². The number of carbonyl (C=O) groups is 1. The average molecular weight is 401 g/mol. The molecular weight excluding hydrogens is 376 g/mol. The molecule has 8 heteroatoms. The maximum absolute atomic E-state index is 12.9. The van der Waals surface area contributed by atoms with Gasteiger partial charge in [-0.25, -0.2) is 8.42 Å². The fraction of sp³-hybridized carbons (Fsp3) is 0.611. The fourth-order valence-corrected chi connectivity index (χ4v) is 5.12. The number of halogens is 1. The van der Waals surface area contributed by atoms with Gasteiger partial charge in [-0.2, -0.15) is 4.31 Å². The van der Waals surface area contributed by atoms with Crippen molar-refractivity contribution in [2.75, 3.05) is 26.2 Å². The minimum atomic E-state index is -3.62. The SMILES string of the molecule is O=C(NC[C@@H]1CCCO1)c1cc(S(=O)(=O)N2CCCCCC2)ccc1Cl. The van der Waals surface area contributed by atoms with E-state index in [0.717, 1.165) is 38.5 Å². The summed E-state index contributed by atoms with van der Waals surface area (Å²) in [5.41, 5.74) is 0.181. The summed E-state index contributed by atoms with van der Waals surface area (Å²) in [4.78, 5) is 12.6. The Bertz CT molecular complexity index is 740. The van der Waals surface area contributed by atoms with Crippen LogP contribution >= 0.6 is 11.6 Å². The first-order chi connectivity index (χ1) is 12.5. The molecule has 0 aromatic heterocycles. The molecule has 2 aliphatic heterocycles. The number of rotatable bonds is 5. The third kappa shape index (κ3) is 4.57. The van der Waals surface area contributed by atoms with Crippen LogP contribution in [0.1, 0.15) is 48.9 Å². The van der Waals surface area contributed by atoms with Gasteiger partial charge in [-0.3, -0.25) is 4.79 Å². The molecule has 1 amide bonds. The highest BCUT2D eigenvalue weighted by Gasteiger charge is 2.27. The van der Waals surface area contributed by atoms with Gasteiger partial charge in [0.05, 0.1) is 21.6 Å². The summed E-state index contributed by atoms with van der Waals surface area (Å²) in [5, 5.41) is 3.03. The maximum atomic E-state index is 12.9. The van der Waals surface area contributed by atoms with E-state index in [1.165, 1.54) is 22.5 Å². The Labute approximate surface area is 159 Å². The quantitative estimate of drug-likeness (QED) is 0.824. The number of hydrogen-bond donors (Lipinski definition) is 1. The zero-order valence-electron chi connectivity index (χ0n) is 14.7. The first-order valence-corrected chi connectivity index (χ1v) is 11.0. The first kappa shape index (κ1) is 19.6. The van der Waals surface area contributed by atoms with Crippen molar-refractivity contribution in [2.45, 2.75) is 49.5 Å². The monoisotopic (exact) mass is 400 g/mol. The van der Waals surface area contributed by atoms with Crippen molar-refractivity contribution >= 4 is 27.5 Å². The van der Waals surface area contributed by atoms with E-state index in [1.807, 2.05) is 0 Å². The van der Waals surface area contributed by atoms with Gasteiger partial charge in [0.2, 0.25) is 10.0 Å². The Morgan fingerprint density at radius 3 is 2.58 bits per heavy atom. The van der Waals surface area contributed by atoms with Crippen molar-refractivity contribution in [3.63, 3.8) is 0 Å². The van der Waals surface area contributed by atoms with E-state index in [1.54, 1.807) is 0 Å². The van der Waals surface area contributed by atoms with Gasteiger partial charge in [0, 0.05) is 26.2 Å². The Kier molecular flexibility index (Phi) is 6.55. The number of benzene rings is 1. The van der Waals surface area contributed by atoms with Gasteiger partial charge in [0.1, 0.15) is 0 Å². The van der Waals surface area contributed by atoms with E-state index in [4.69, 9.17) is 16.3 Å². The molecule has 26 heavy (non-hydrogen) atoms. The zero-order chi connectivity index (χ0) is 18.6. The standard InChI is InChI=1S/C18H25ClN2O4S/c19-17-8-7-15(26(23,24)21-9-3-1-2-4-10-21)12-16(17)18(22)20-13-14-6-5-11-25-14/h7-8,12,14H,1-6,9-11,13H2,(H,20,22)/t14-/m0/s1. The van der Waals surface area contributed by atoms with E-state index in [9.17, 15) is 13.2 Å². The molecule has 2 fully saturated rings. The molecule has 2 aliphatic rings. The van der Waals surface area contributed by atoms with Crippen molar-refractivity contribution in [3.8, 4) is 0 Å². The van der Waals surface area contributed by atoms with E-state index < -0.39 is 10.0 Å². The third-order valence-electron chi connectivity index (χ3n) is 4.90. The van der Waals surface area contributed by atoms with Crippen LogP contribution in [0.2, 0.25) is 5.02 Å². The lowest BCUT2D eigenvalue weighted by atomic mass is 10.2. The summed E-state index contributed by atoms with van der Waals surface area (Å²) in [5.74, 6) is -0.376. The maximum Gasteiger partial charge on any atom is 0.252 e. The smallest absolute Gasteiger partial charge is 0.252 e. The Morgan fingerprint density at radius 2 is 1.92 bits per heavy atom. The van der Waals surface area contributed by atoms with Crippen molar-refractivity contribution in [2.24, 2.45) is 0 Å². The minimum Gasteiger partial charge on any atom is -0.376 e. The van der Waals surface area contributed by atoms with Crippen LogP contribution in [0.15, 0.2) is 23.1 Å². The molecule has 0 radical (unpaired) electrons. The summed E-state index contributed by atoms with van der Waals surface area (Å²) < 4.78 is 32.8. The number of hydrogen-bond acceptors (Lipinski definition) is 4. The Morgan fingerprint density at radius 1 is 1.19 bits per heavy atom. The lowest BCUT2D eigenvalue weighted by molar-refractivity contribution is 0.0857. The number of amides is 1. The van der Waals surface area contributed by atoms with Crippen molar-refractivity contribution in [3.05, 3.63) is 28.8 Å². The normalized spacial score (nSPS) is 22.1. The van der Waals surface area contributed by atoms with Gasteiger partial charge in [-0.15, -0.1) is 0 Å². The molecule has 0 spiro atoms. The fourth-order valence-electron chi connectivity index (χ4n) is 3.38. The second-order valence-electron chi connectivity index (χ2n) is 6.81. The Balaban J connectivity index is 1.76. The van der Waals surface area contributed by atoms with Crippen LogP contribution in [0.25, 0.3) is 0 Å². The predicted octanol–water partition coefficient (Wildman–Crippen LogP) is 2.81. The molecule has 0 saturated carbocycles. The van der Waals surface area contributed by atoms with Gasteiger partial charge >= 0.3 is 0 Å². The Hall–Kier alpha value is -1.15. The molecule has 1 N–H and O–H groups in total. The van der Waals surface area contributed by atoms with Crippen molar-refractivity contribution in [1.82, 2.24) is 9.62 Å². The van der Waals surface area contributed by atoms with E-state index >= 15 is 0 Å². The summed E-state index contributed by atoms with van der Waals surface area (Å²) in [6.45, 7) is 2.15. The number of carbonyl (C=O) groups excluding carboxylic acids is 1. The molecule has 6 nitrogen and oxygen atoms in total. The molecule has 1 aromatic rings. The van der Waals surface area contributed by atoms with E-state index in [0.29, 0.717) is 26.2 Å². The molecular formula is C18H25ClN2O4S. The summed E-state index contributed by atoms with van der Waals surface area (Å²) >= 11 is 6.15. The lowest BCUT2D eigenvalue weighted by Crippen LogP contribution is -2.33. The van der Waals surface area contributed by atoms with Crippen LogP contribution < -0.4 is 5.32 Å². The topological polar surface area (TPSA) is 75.7 Å². The third-order valence-corrected chi connectivity index (χ3v) is 7.12. The molecule has 1 aromatic carbocycles. The average Bonchev–Trinajstić information content (AvgIpc) is 2.99. The molecule has 1 atom stereocenters. The largest absolute Gasteiger partial charge is 0.376 e. The highest BCUT2D eigenvalue weighted by Crippen LogP contribution is 2.25. The molecule has 144 valence electrons. The number of nitrogens with zero attached hydrogens (tertiary/aromatic N) is 1. The summed E-state index contributed by atoms with van der Waals surface area (Å²) in [6, 6.07) is 4.33. The van der Waals surface area contributed by atoms with Crippen molar-refractivity contribution in [1.29, 1.82) is 0 Å². The molecule has 2 saturated heterocycles. The van der Waals surface area contributed by atoms with Gasteiger partial charge in [0.15, 0.2) is 0 Å². The minimum absolute atomic E-state index is 0.0155. The second kappa shape index (κ2) is 8.69. The van der Waals surface area contributed by atoms with Crippen LogP contribution in [-0.2, 0) is 14.8 Å². The first-order valence-electron chi connectivity index (χ1n) is 9.18. The predicted molar refractivity (Wildman–Crippen MR) is 100.0 cm³/mol. The summed E-state index contributed by atoms with van der Waals surface area (Å²) in [7, 11) is -3.62. The van der Waals surface area contributed by atoms with E-state index in [2.05, 4.69) is 5.32 Å². The van der Waals surface area contributed by atoms with Gasteiger partial charge < -0.3 is 10.1 Å². The van der Waals surface area contributed by atoms with Gasteiger partial charge in [-0.05, 0) is 43.9 Å². The zero-order valence-corrected chi connectivity index (χ0v) is 16.3. The van der Waals surface area contributed by atoms with Crippen LogP contribution in [0.4, 0.5) is 0 Å². The summed E-state index contributed by atoms with van der Waals surface area (Å²) in [6.07, 6.45) is 5.74. The van der Waals surface area contributed by atoms with Gasteiger partial charge in [-0.1, -0.05) is 24.4 Å². The molecule has 2 heterocycles. The van der Waals surface area contributed by atoms with E-state index in [-0.39, 0.29) is 27.5 Å². The number of sulfonamides is 1. The molecule has 0 bridgehead atoms. The lowest BCUT2D eigenvalue weighted by Gasteiger charge is -2.20. The molecule has 0 aliphatic carbocycles. The number of ether oxygens (including phenoxy) is 1.